The van der Waals surface area contributed by atoms with Gasteiger partial charge in [0.2, 0.25) is 11.5 Å². The molecule has 6 nitrogen and oxygen atoms in total. The van der Waals surface area contributed by atoms with Gasteiger partial charge in [0.05, 0.1) is 17.0 Å². The summed E-state index contributed by atoms with van der Waals surface area (Å²) < 4.78 is 0. The standard InChI is InChI=1S/C18H15N3O3S/c19-16(22)10-25-15-8-4-3-7-14(15)21-18(24)12-9-17(23)20-13-6-2-1-5-11(12)13/h1-9H,10H2,(H2,19,22)(H,20,23)(H,21,24). The minimum absolute atomic E-state index is 0.112. The lowest BCUT2D eigenvalue weighted by Gasteiger charge is -2.11. The Kier molecular flexibility index (Phi) is 4.85. The molecule has 0 bridgehead atoms. The number of pyridine rings is 1. The summed E-state index contributed by atoms with van der Waals surface area (Å²) in [6.07, 6.45) is 0. The number of nitrogens with two attached hydrogens (primary N) is 1. The highest BCUT2D eigenvalue weighted by molar-refractivity contribution is 8.00. The molecule has 0 spiro atoms. The van der Waals surface area contributed by atoms with Crippen molar-refractivity contribution >= 4 is 40.2 Å². The van der Waals surface area contributed by atoms with E-state index in [9.17, 15) is 14.4 Å². The summed E-state index contributed by atoms with van der Waals surface area (Å²) in [6.45, 7) is 0. The fourth-order valence-corrected chi connectivity index (χ4v) is 3.17. The number of thioether (sulfide) groups is 1. The summed E-state index contributed by atoms with van der Waals surface area (Å²) >= 11 is 1.24. The predicted octanol–water partition coefficient (Wildman–Crippen LogP) is 2.36. The Morgan fingerprint density at radius 1 is 1.08 bits per heavy atom. The number of rotatable bonds is 5. The minimum atomic E-state index is -0.438. The van der Waals surface area contributed by atoms with Gasteiger partial charge in [-0.05, 0) is 18.2 Å². The molecular weight excluding hydrogens is 338 g/mol. The molecule has 0 radical (unpaired) electrons. The lowest BCUT2D eigenvalue weighted by Crippen LogP contribution is -2.17. The second kappa shape index (κ2) is 7.23. The summed E-state index contributed by atoms with van der Waals surface area (Å²) in [5.41, 5.74) is 6.27. The number of H-pyrrole nitrogens is 1. The molecule has 126 valence electrons. The lowest BCUT2D eigenvalue weighted by molar-refractivity contribution is -0.115. The van der Waals surface area contributed by atoms with Crippen LogP contribution in [-0.2, 0) is 4.79 Å². The molecule has 25 heavy (non-hydrogen) atoms. The highest BCUT2D eigenvalue weighted by atomic mass is 32.2. The smallest absolute Gasteiger partial charge is 0.256 e. The van der Waals surface area contributed by atoms with E-state index in [1.165, 1.54) is 17.8 Å². The number of aromatic amines is 1. The summed E-state index contributed by atoms with van der Waals surface area (Å²) in [5, 5.41) is 3.46. The van der Waals surface area contributed by atoms with Gasteiger partial charge in [0.25, 0.3) is 5.91 Å². The average molecular weight is 353 g/mol. The zero-order valence-corrected chi connectivity index (χ0v) is 13.9. The first-order valence-electron chi connectivity index (χ1n) is 7.48. The van der Waals surface area contributed by atoms with Crippen LogP contribution in [0.2, 0.25) is 0 Å². The molecule has 4 N–H and O–H groups in total. The number of carbonyl (C=O) groups excluding carboxylic acids is 2. The van der Waals surface area contributed by atoms with Crippen LogP contribution in [0.4, 0.5) is 5.69 Å². The third kappa shape index (κ3) is 3.89. The average Bonchev–Trinajstić information content (AvgIpc) is 2.60. The second-order valence-electron chi connectivity index (χ2n) is 5.30. The van der Waals surface area contributed by atoms with Crippen LogP contribution in [0.3, 0.4) is 0 Å². The maximum atomic E-state index is 12.7. The van der Waals surface area contributed by atoms with E-state index in [0.717, 1.165) is 4.90 Å². The fourth-order valence-electron chi connectivity index (χ4n) is 2.43. The topological polar surface area (TPSA) is 105 Å². The lowest BCUT2D eigenvalue weighted by atomic mass is 10.1. The van der Waals surface area contributed by atoms with Gasteiger partial charge in [-0.3, -0.25) is 14.4 Å². The molecule has 0 saturated carbocycles. The van der Waals surface area contributed by atoms with Crippen molar-refractivity contribution in [3.8, 4) is 0 Å². The first kappa shape index (κ1) is 16.8. The Hall–Kier alpha value is -3.06. The molecule has 1 aromatic heterocycles. The van der Waals surface area contributed by atoms with Crippen LogP contribution in [0.25, 0.3) is 10.9 Å². The zero-order chi connectivity index (χ0) is 17.8. The number of carbonyl (C=O) groups is 2. The van der Waals surface area contributed by atoms with Crippen molar-refractivity contribution < 1.29 is 9.59 Å². The summed E-state index contributed by atoms with van der Waals surface area (Å²) in [5.74, 6) is -0.720. The second-order valence-corrected chi connectivity index (χ2v) is 6.32. The largest absolute Gasteiger partial charge is 0.369 e. The molecular formula is C18H15N3O3S. The molecule has 3 rings (SSSR count). The van der Waals surface area contributed by atoms with E-state index in [4.69, 9.17) is 5.73 Å². The van der Waals surface area contributed by atoms with Gasteiger partial charge >= 0.3 is 0 Å². The zero-order valence-electron chi connectivity index (χ0n) is 13.1. The first-order chi connectivity index (χ1) is 12.0. The number of hydrogen-bond donors (Lipinski definition) is 3. The van der Waals surface area contributed by atoms with Crippen LogP contribution in [0.5, 0.6) is 0 Å². The molecule has 7 heteroatoms. The third-order valence-corrected chi connectivity index (χ3v) is 4.60. The summed E-state index contributed by atoms with van der Waals surface area (Å²) in [7, 11) is 0. The number of fused-ring (bicyclic) bond motifs is 1. The molecule has 0 fully saturated rings. The van der Waals surface area contributed by atoms with E-state index in [2.05, 4.69) is 10.3 Å². The maximum absolute atomic E-state index is 12.7. The van der Waals surface area contributed by atoms with Gasteiger partial charge in [0.15, 0.2) is 0 Å². The number of aromatic nitrogens is 1. The van der Waals surface area contributed by atoms with Gasteiger partial charge in [0, 0.05) is 21.9 Å². The van der Waals surface area contributed by atoms with Crippen LogP contribution in [0.15, 0.2) is 64.3 Å². The highest BCUT2D eigenvalue weighted by Crippen LogP contribution is 2.27. The Balaban J connectivity index is 1.94. The molecule has 0 aliphatic carbocycles. The van der Waals surface area contributed by atoms with E-state index in [1.807, 2.05) is 6.07 Å². The van der Waals surface area contributed by atoms with Gasteiger partial charge in [-0.1, -0.05) is 30.3 Å². The number of anilines is 1. The van der Waals surface area contributed by atoms with Crippen molar-refractivity contribution in [3.05, 3.63) is 70.5 Å². The summed E-state index contributed by atoms with van der Waals surface area (Å²) in [6, 6.07) is 15.5. The number of benzene rings is 2. The predicted molar refractivity (Wildman–Crippen MR) is 98.9 cm³/mol. The quantitative estimate of drug-likeness (QED) is 0.612. The molecule has 3 aromatic rings. The number of hydrogen-bond acceptors (Lipinski definition) is 4. The number of nitrogens with one attached hydrogen (secondary N) is 2. The van der Waals surface area contributed by atoms with Crippen molar-refractivity contribution in [2.75, 3.05) is 11.1 Å². The highest BCUT2D eigenvalue weighted by Gasteiger charge is 2.14. The van der Waals surface area contributed by atoms with Gasteiger partial charge in [0.1, 0.15) is 0 Å². The van der Waals surface area contributed by atoms with Gasteiger partial charge in [-0.15, -0.1) is 11.8 Å². The van der Waals surface area contributed by atoms with E-state index in [1.54, 1.807) is 42.5 Å². The van der Waals surface area contributed by atoms with Crippen molar-refractivity contribution in [2.24, 2.45) is 5.73 Å². The SMILES string of the molecule is NC(=O)CSc1ccccc1NC(=O)c1cc(=O)[nH]c2ccccc12. The molecule has 2 aromatic carbocycles. The van der Waals surface area contributed by atoms with Crippen LogP contribution >= 0.6 is 11.8 Å². The molecule has 0 saturated heterocycles. The molecule has 2 amide bonds. The van der Waals surface area contributed by atoms with E-state index >= 15 is 0 Å². The van der Waals surface area contributed by atoms with Gasteiger partial charge < -0.3 is 16.0 Å². The minimum Gasteiger partial charge on any atom is -0.369 e. The Morgan fingerprint density at radius 3 is 2.60 bits per heavy atom. The number of para-hydroxylation sites is 2. The van der Waals surface area contributed by atoms with Crippen molar-refractivity contribution in [1.82, 2.24) is 4.98 Å². The van der Waals surface area contributed by atoms with Crippen LogP contribution in [0.1, 0.15) is 10.4 Å². The van der Waals surface area contributed by atoms with Crippen LogP contribution in [-0.4, -0.2) is 22.6 Å². The maximum Gasteiger partial charge on any atom is 0.256 e. The molecule has 0 unspecified atom stereocenters. The van der Waals surface area contributed by atoms with Crippen LogP contribution < -0.4 is 16.6 Å². The van der Waals surface area contributed by atoms with Crippen molar-refractivity contribution in [1.29, 1.82) is 0 Å². The first-order valence-corrected chi connectivity index (χ1v) is 8.47. The Labute approximate surface area is 147 Å². The molecule has 0 atom stereocenters. The van der Waals surface area contributed by atoms with E-state index in [-0.39, 0.29) is 16.9 Å². The van der Waals surface area contributed by atoms with Gasteiger partial charge in [-0.25, -0.2) is 0 Å². The fraction of sp³-hybridized carbons (Fsp3) is 0.0556. The van der Waals surface area contributed by atoms with Crippen LogP contribution in [0, 0.1) is 0 Å². The van der Waals surface area contributed by atoms with E-state index < -0.39 is 11.8 Å². The molecule has 0 aliphatic rings. The van der Waals surface area contributed by atoms with E-state index in [0.29, 0.717) is 16.6 Å². The Bertz CT molecular complexity index is 1010. The van der Waals surface area contributed by atoms with Crippen molar-refractivity contribution in [3.63, 3.8) is 0 Å². The number of primary amides is 1. The van der Waals surface area contributed by atoms with Crippen molar-refractivity contribution in [2.45, 2.75) is 4.90 Å². The Morgan fingerprint density at radius 2 is 1.80 bits per heavy atom. The normalized spacial score (nSPS) is 10.6. The monoisotopic (exact) mass is 353 g/mol. The third-order valence-electron chi connectivity index (χ3n) is 3.50. The van der Waals surface area contributed by atoms with Gasteiger partial charge in [-0.2, -0.15) is 0 Å². The molecule has 0 aliphatic heterocycles. The number of amides is 2. The summed E-state index contributed by atoms with van der Waals surface area (Å²) in [4.78, 5) is 38.9. The molecule has 1 heterocycles.